The van der Waals surface area contributed by atoms with Crippen molar-refractivity contribution in [2.45, 2.75) is 17.7 Å². The van der Waals surface area contributed by atoms with Gasteiger partial charge in [-0.2, -0.15) is 5.26 Å². The van der Waals surface area contributed by atoms with E-state index in [2.05, 4.69) is 16.7 Å². The van der Waals surface area contributed by atoms with Crippen LogP contribution in [0.4, 0.5) is 10.5 Å². The zero-order valence-electron chi connectivity index (χ0n) is 16.2. The number of urea groups is 1. The predicted molar refractivity (Wildman–Crippen MR) is 106 cm³/mol. The van der Waals surface area contributed by atoms with E-state index in [9.17, 15) is 15.2 Å². The molecule has 1 heterocycles. The van der Waals surface area contributed by atoms with Crippen LogP contribution < -0.4 is 15.4 Å². The predicted octanol–water partition coefficient (Wildman–Crippen LogP) is 2.21. The summed E-state index contributed by atoms with van der Waals surface area (Å²) in [4.78, 5) is 12.6. The van der Waals surface area contributed by atoms with Gasteiger partial charge in [0.05, 0.1) is 30.9 Å². The number of benzene rings is 2. The minimum Gasteiger partial charge on any atom is -0.479 e. The van der Waals surface area contributed by atoms with Gasteiger partial charge >= 0.3 is 6.03 Å². The summed E-state index contributed by atoms with van der Waals surface area (Å²) in [5, 5.41) is 25.9. The normalized spacial score (nSPS) is 19.4. The molecule has 2 amide bonds. The Balaban J connectivity index is 1.95. The van der Waals surface area contributed by atoms with Gasteiger partial charge in [-0.15, -0.1) is 0 Å². The molecule has 0 aliphatic carbocycles. The highest BCUT2D eigenvalue weighted by Gasteiger charge is 2.50. The number of hydrogen-bond acceptors (Lipinski definition) is 6. The Hall–Kier alpha value is -3.12. The molecule has 0 spiro atoms. The number of nitrogens with one attached hydrogen (secondary N) is 2. The molecule has 0 aromatic heterocycles. The fourth-order valence-corrected chi connectivity index (χ4v) is 3.45. The van der Waals surface area contributed by atoms with Gasteiger partial charge in [-0.3, -0.25) is 0 Å². The van der Waals surface area contributed by atoms with Crippen molar-refractivity contribution >= 4 is 11.7 Å². The first-order chi connectivity index (χ1) is 14.0. The number of rotatable bonds is 6. The lowest BCUT2D eigenvalue weighted by molar-refractivity contribution is -0.147. The number of carbonyl (C=O) groups is 1. The number of para-hydroxylation sites is 1. The average Bonchev–Trinajstić information content (AvgIpc) is 2.72. The largest absolute Gasteiger partial charge is 0.479 e. The maximum Gasteiger partial charge on any atom is 0.319 e. The second kappa shape index (κ2) is 8.92. The van der Waals surface area contributed by atoms with E-state index in [4.69, 9.17) is 14.2 Å². The number of fused-ring (bicyclic) bond motifs is 1. The molecule has 0 bridgehead atoms. The van der Waals surface area contributed by atoms with Gasteiger partial charge in [0.25, 0.3) is 0 Å². The maximum absolute atomic E-state index is 12.6. The lowest BCUT2D eigenvalue weighted by atomic mass is 9.84. The molecule has 3 N–H and O–H groups in total. The van der Waals surface area contributed by atoms with Crippen LogP contribution in [0.3, 0.4) is 0 Å². The number of nitriles is 1. The topological polar surface area (TPSA) is 113 Å². The van der Waals surface area contributed by atoms with Crippen LogP contribution in [0.15, 0.2) is 48.5 Å². The van der Waals surface area contributed by atoms with Crippen LogP contribution in [0.1, 0.15) is 17.2 Å². The van der Waals surface area contributed by atoms with E-state index in [-0.39, 0.29) is 13.2 Å². The number of ether oxygens (including phenoxy) is 3. The molecule has 1 aliphatic rings. The van der Waals surface area contributed by atoms with Crippen LogP contribution in [0.2, 0.25) is 0 Å². The maximum atomic E-state index is 12.6. The van der Waals surface area contributed by atoms with Crippen molar-refractivity contribution in [2.24, 2.45) is 0 Å². The van der Waals surface area contributed by atoms with Gasteiger partial charge in [-0.25, -0.2) is 4.79 Å². The Morgan fingerprint density at radius 2 is 1.90 bits per heavy atom. The molecule has 29 heavy (non-hydrogen) atoms. The molecule has 3 rings (SSSR count). The number of aliphatic hydroxyl groups is 1. The molecule has 0 saturated heterocycles. The van der Waals surface area contributed by atoms with Crippen LogP contribution in [0.25, 0.3) is 0 Å². The van der Waals surface area contributed by atoms with E-state index < -0.39 is 23.8 Å². The fraction of sp³-hybridized carbons (Fsp3) is 0.333. The summed E-state index contributed by atoms with van der Waals surface area (Å²) in [7, 11) is 2.98. The number of carbonyl (C=O) groups excluding carboxylic acids is 1. The van der Waals surface area contributed by atoms with E-state index >= 15 is 0 Å². The SMILES string of the molecule is COCC1(COC)Oc2ccc(C#N)cc2[C@@H](NC(=O)Nc2ccccc2)[C@@H]1O. The molecular weight excluding hydrogens is 374 g/mol. The number of amides is 2. The number of hydrogen-bond donors (Lipinski definition) is 3. The van der Waals surface area contributed by atoms with Crippen molar-refractivity contribution in [2.75, 3.05) is 32.8 Å². The first-order valence-corrected chi connectivity index (χ1v) is 9.04. The Labute approximate surface area is 169 Å². The molecule has 0 radical (unpaired) electrons. The lowest BCUT2D eigenvalue weighted by Gasteiger charge is -2.45. The lowest BCUT2D eigenvalue weighted by Crippen LogP contribution is -2.62. The summed E-state index contributed by atoms with van der Waals surface area (Å²) in [6, 6.07) is 14.5. The summed E-state index contributed by atoms with van der Waals surface area (Å²) < 4.78 is 16.6. The van der Waals surface area contributed by atoms with E-state index in [1.54, 1.807) is 42.5 Å². The van der Waals surface area contributed by atoms with E-state index in [0.29, 0.717) is 22.6 Å². The second-order valence-electron chi connectivity index (χ2n) is 6.78. The highest BCUT2D eigenvalue weighted by Crippen LogP contribution is 2.41. The van der Waals surface area contributed by atoms with Gasteiger partial charge in [0, 0.05) is 25.5 Å². The molecule has 8 nitrogen and oxygen atoms in total. The molecule has 1 aliphatic heterocycles. The fourth-order valence-electron chi connectivity index (χ4n) is 3.45. The smallest absolute Gasteiger partial charge is 0.319 e. The third-order valence-corrected chi connectivity index (χ3v) is 4.74. The van der Waals surface area contributed by atoms with Crippen LogP contribution in [-0.4, -0.2) is 50.3 Å². The Morgan fingerprint density at radius 3 is 2.52 bits per heavy atom. The molecule has 0 unspecified atom stereocenters. The van der Waals surface area contributed by atoms with Crippen molar-refractivity contribution in [3.63, 3.8) is 0 Å². The van der Waals surface area contributed by atoms with E-state index in [0.717, 1.165) is 0 Å². The summed E-state index contributed by atoms with van der Waals surface area (Å²) in [5.41, 5.74) is 0.274. The van der Waals surface area contributed by atoms with Gasteiger partial charge < -0.3 is 30.0 Å². The van der Waals surface area contributed by atoms with Crippen LogP contribution in [0, 0.1) is 11.3 Å². The first-order valence-electron chi connectivity index (χ1n) is 9.04. The number of nitrogens with zero attached hydrogens (tertiary/aromatic N) is 1. The second-order valence-corrected chi connectivity index (χ2v) is 6.78. The number of anilines is 1. The van der Waals surface area contributed by atoms with Crippen molar-refractivity contribution < 1.29 is 24.1 Å². The minimum atomic E-state index is -1.23. The van der Waals surface area contributed by atoms with Crippen molar-refractivity contribution in [3.05, 3.63) is 59.7 Å². The monoisotopic (exact) mass is 397 g/mol. The Morgan fingerprint density at radius 1 is 1.21 bits per heavy atom. The molecule has 2 aromatic rings. The van der Waals surface area contributed by atoms with Crippen LogP contribution >= 0.6 is 0 Å². The minimum absolute atomic E-state index is 0.0416. The van der Waals surface area contributed by atoms with Gasteiger partial charge in [0.15, 0.2) is 5.60 Å². The van der Waals surface area contributed by atoms with E-state index in [1.165, 1.54) is 14.2 Å². The van der Waals surface area contributed by atoms with Crippen molar-refractivity contribution in [3.8, 4) is 11.8 Å². The van der Waals surface area contributed by atoms with Crippen LogP contribution in [-0.2, 0) is 9.47 Å². The molecule has 2 atom stereocenters. The molecule has 0 fully saturated rings. The molecular formula is C21H23N3O5. The van der Waals surface area contributed by atoms with E-state index in [1.807, 2.05) is 6.07 Å². The third-order valence-electron chi connectivity index (χ3n) is 4.74. The quantitative estimate of drug-likeness (QED) is 0.689. The standard InChI is InChI=1S/C21H23N3O5/c1-27-12-21(13-28-2)19(25)18(16-10-14(11-22)8-9-17(16)29-21)24-20(26)23-15-6-4-3-5-7-15/h3-10,18-19,25H,12-13H2,1-2H3,(H2,23,24,26)/t18-,19+/m1/s1. The van der Waals surface area contributed by atoms with Crippen molar-refractivity contribution in [1.29, 1.82) is 5.26 Å². The molecule has 8 heteroatoms. The van der Waals surface area contributed by atoms with Gasteiger partial charge in [-0.05, 0) is 30.3 Å². The summed E-state index contributed by atoms with van der Waals surface area (Å²) in [6.07, 6.45) is -1.19. The Kier molecular flexibility index (Phi) is 6.34. The molecule has 2 aromatic carbocycles. The highest BCUT2D eigenvalue weighted by atomic mass is 16.6. The zero-order valence-corrected chi connectivity index (χ0v) is 16.2. The summed E-state index contributed by atoms with van der Waals surface area (Å²) in [6.45, 7) is 0.0832. The van der Waals surface area contributed by atoms with Crippen LogP contribution in [0.5, 0.6) is 5.75 Å². The first kappa shape index (κ1) is 20.6. The molecule has 0 saturated carbocycles. The highest BCUT2D eigenvalue weighted by molar-refractivity contribution is 5.89. The summed E-state index contributed by atoms with van der Waals surface area (Å²) in [5.74, 6) is 0.438. The zero-order chi connectivity index (χ0) is 20.9. The average molecular weight is 397 g/mol. The number of aliphatic hydroxyl groups excluding tert-OH is 1. The number of methoxy groups -OCH3 is 2. The Bertz CT molecular complexity index is 891. The molecule has 152 valence electrons. The van der Waals surface area contributed by atoms with Crippen molar-refractivity contribution in [1.82, 2.24) is 5.32 Å². The van der Waals surface area contributed by atoms with Gasteiger partial charge in [0.1, 0.15) is 11.9 Å². The third kappa shape index (κ3) is 4.32. The van der Waals surface area contributed by atoms with Gasteiger partial charge in [0.2, 0.25) is 0 Å². The van der Waals surface area contributed by atoms with Gasteiger partial charge in [-0.1, -0.05) is 18.2 Å². The summed E-state index contributed by atoms with van der Waals surface area (Å²) >= 11 is 0.